The molecule has 0 atom stereocenters. The number of rotatable bonds is 1. The van der Waals surface area contributed by atoms with Gasteiger partial charge in [-0.15, -0.1) is 5.10 Å². The molecule has 60 valence electrons. The van der Waals surface area contributed by atoms with E-state index in [0.717, 1.165) is 0 Å². The molecule has 0 aliphatic carbocycles. The lowest BCUT2D eigenvalue weighted by molar-refractivity contribution is 0.754. The minimum Gasteiger partial charge on any atom is -0.220 e. The standard InChI is InChI=1S/C6H4BrN5/c7-5-4-12(11-10-5)6-8-2-1-3-9-6/h1-4H. The summed E-state index contributed by atoms with van der Waals surface area (Å²) in [5, 5.41) is 7.52. The summed E-state index contributed by atoms with van der Waals surface area (Å²) in [5.74, 6) is 0.510. The van der Waals surface area contributed by atoms with Gasteiger partial charge in [-0.2, -0.15) is 4.68 Å². The van der Waals surface area contributed by atoms with E-state index in [2.05, 4.69) is 36.2 Å². The van der Waals surface area contributed by atoms with Gasteiger partial charge in [0.2, 0.25) is 0 Å². The van der Waals surface area contributed by atoms with Gasteiger partial charge in [0, 0.05) is 12.4 Å². The van der Waals surface area contributed by atoms with Gasteiger partial charge in [-0.1, -0.05) is 5.21 Å². The van der Waals surface area contributed by atoms with E-state index in [-0.39, 0.29) is 0 Å². The first-order valence-electron chi connectivity index (χ1n) is 3.21. The Morgan fingerprint density at radius 1 is 1.25 bits per heavy atom. The van der Waals surface area contributed by atoms with Crippen LogP contribution in [0, 0.1) is 0 Å². The summed E-state index contributed by atoms with van der Waals surface area (Å²) in [7, 11) is 0. The molecule has 6 heteroatoms. The number of halogens is 1. The normalized spacial score (nSPS) is 10.1. The van der Waals surface area contributed by atoms with E-state index in [1.165, 1.54) is 4.68 Å². The van der Waals surface area contributed by atoms with E-state index in [1.807, 2.05) is 0 Å². The molecule has 12 heavy (non-hydrogen) atoms. The Morgan fingerprint density at radius 2 is 2.00 bits per heavy atom. The summed E-state index contributed by atoms with van der Waals surface area (Å²) >= 11 is 3.18. The van der Waals surface area contributed by atoms with E-state index in [4.69, 9.17) is 0 Å². The van der Waals surface area contributed by atoms with Crippen LogP contribution in [0.3, 0.4) is 0 Å². The zero-order chi connectivity index (χ0) is 8.39. The van der Waals surface area contributed by atoms with Gasteiger partial charge in [0.15, 0.2) is 0 Å². The van der Waals surface area contributed by atoms with E-state index >= 15 is 0 Å². The van der Waals surface area contributed by atoms with Crippen molar-refractivity contribution in [1.29, 1.82) is 0 Å². The largest absolute Gasteiger partial charge is 0.251 e. The van der Waals surface area contributed by atoms with Crippen molar-refractivity contribution in [2.45, 2.75) is 0 Å². The Morgan fingerprint density at radius 3 is 2.58 bits per heavy atom. The Labute approximate surface area is 76.6 Å². The molecule has 0 amide bonds. The lowest BCUT2D eigenvalue weighted by Crippen LogP contribution is -2.00. The first-order valence-corrected chi connectivity index (χ1v) is 4.01. The third kappa shape index (κ3) is 1.33. The molecule has 0 radical (unpaired) electrons. The first kappa shape index (κ1) is 7.35. The van der Waals surface area contributed by atoms with Gasteiger partial charge in [0.25, 0.3) is 5.95 Å². The van der Waals surface area contributed by atoms with Crippen LogP contribution in [0.25, 0.3) is 5.95 Å². The highest BCUT2D eigenvalue weighted by Gasteiger charge is 2.00. The second-order valence-electron chi connectivity index (χ2n) is 2.03. The molecule has 2 rings (SSSR count). The van der Waals surface area contributed by atoms with Crippen LogP contribution in [0.1, 0.15) is 0 Å². The van der Waals surface area contributed by atoms with Crippen molar-refractivity contribution >= 4 is 15.9 Å². The van der Waals surface area contributed by atoms with Crippen LogP contribution >= 0.6 is 15.9 Å². The highest BCUT2D eigenvalue weighted by atomic mass is 79.9. The second-order valence-corrected chi connectivity index (χ2v) is 2.85. The molecule has 0 spiro atoms. The summed E-state index contributed by atoms with van der Waals surface area (Å²) in [5.41, 5.74) is 0. The molecule has 0 fully saturated rings. The van der Waals surface area contributed by atoms with Crippen molar-refractivity contribution in [2.75, 3.05) is 0 Å². The molecule has 2 aromatic heterocycles. The third-order valence-corrected chi connectivity index (χ3v) is 1.59. The quantitative estimate of drug-likeness (QED) is 0.722. The van der Waals surface area contributed by atoms with Crippen molar-refractivity contribution in [3.05, 3.63) is 29.3 Å². The predicted octanol–water partition coefficient (Wildman–Crippen LogP) is 0.820. The maximum Gasteiger partial charge on any atom is 0.251 e. The SMILES string of the molecule is Brc1cn(-c2ncccn2)nn1. The Balaban J connectivity index is 2.45. The van der Waals surface area contributed by atoms with Crippen LogP contribution in [-0.4, -0.2) is 25.0 Å². The molecular formula is C6H4BrN5. The van der Waals surface area contributed by atoms with Crippen LogP contribution in [-0.2, 0) is 0 Å². The van der Waals surface area contributed by atoms with Gasteiger partial charge in [0.05, 0.1) is 6.20 Å². The summed E-state index contributed by atoms with van der Waals surface area (Å²) in [6.45, 7) is 0. The molecular weight excluding hydrogens is 222 g/mol. The van der Waals surface area contributed by atoms with E-state index in [9.17, 15) is 0 Å². The Hall–Kier alpha value is -1.30. The molecule has 2 heterocycles. The van der Waals surface area contributed by atoms with E-state index in [0.29, 0.717) is 10.6 Å². The minimum atomic E-state index is 0.510. The van der Waals surface area contributed by atoms with Crippen molar-refractivity contribution in [1.82, 2.24) is 25.0 Å². The molecule has 0 saturated carbocycles. The fourth-order valence-corrected chi connectivity index (χ4v) is 1.02. The van der Waals surface area contributed by atoms with Gasteiger partial charge >= 0.3 is 0 Å². The lowest BCUT2D eigenvalue weighted by Gasteiger charge is -1.93. The topological polar surface area (TPSA) is 56.5 Å². The van der Waals surface area contributed by atoms with Crippen LogP contribution in [0.5, 0.6) is 0 Å². The average molecular weight is 226 g/mol. The summed E-state index contributed by atoms with van der Waals surface area (Å²) in [4.78, 5) is 7.98. The van der Waals surface area contributed by atoms with E-state index < -0.39 is 0 Å². The number of aromatic nitrogens is 5. The van der Waals surface area contributed by atoms with Gasteiger partial charge in [-0.05, 0) is 22.0 Å². The smallest absolute Gasteiger partial charge is 0.220 e. The number of hydrogen-bond acceptors (Lipinski definition) is 4. The summed E-state index contributed by atoms with van der Waals surface area (Å²) in [6.07, 6.45) is 4.99. The fraction of sp³-hybridized carbons (Fsp3) is 0. The van der Waals surface area contributed by atoms with Gasteiger partial charge in [0.1, 0.15) is 4.60 Å². The number of nitrogens with zero attached hydrogens (tertiary/aromatic N) is 5. The minimum absolute atomic E-state index is 0.510. The average Bonchev–Trinajstić information content (AvgIpc) is 2.54. The molecule has 0 N–H and O–H groups in total. The van der Waals surface area contributed by atoms with Crippen LogP contribution in [0.4, 0.5) is 0 Å². The fourth-order valence-electron chi connectivity index (χ4n) is 0.751. The molecule has 2 aromatic rings. The molecule has 0 aromatic carbocycles. The maximum absolute atomic E-state index is 3.99. The van der Waals surface area contributed by atoms with Gasteiger partial charge < -0.3 is 0 Å². The Bertz CT molecular complexity index is 370. The first-order chi connectivity index (χ1) is 5.86. The number of hydrogen-bond donors (Lipinski definition) is 0. The molecule has 0 bridgehead atoms. The Kier molecular flexibility index (Phi) is 1.83. The van der Waals surface area contributed by atoms with E-state index in [1.54, 1.807) is 24.7 Å². The van der Waals surface area contributed by atoms with Crippen molar-refractivity contribution < 1.29 is 0 Å². The maximum atomic E-state index is 3.99. The van der Waals surface area contributed by atoms with Crippen LogP contribution < -0.4 is 0 Å². The predicted molar refractivity (Wildman–Crippen MR) is 44.6 cm³/mol. The summed E-state index contributed by atoms with van der Waals surface area (Å²) < 4.78 is 2.15. The zero-order valence-corrected chi connectivity index (χ0v) is 7.51. The van der Waals surface area contributed by atoms with Gasteiger partial charge in [-0.3, -0.25) is 0 Å². The zero-order valence-electron chi connectivity index (χ0n) is 5.92. The third-order valence-electron chi connectivity index (χ3n) is 1.22. The monoisotopic (exact) mass is 225 g/mol. The molecule has 0 aliphatic rings. The molecule has 5 nitrogen and oxygen atoms in total. The lowest BCUT2D eigenvalue weighted by atomic mass is 10.7. The van der Waals surface area contributed by atoms with Crippen molar-refractivity contribution in [3.63, 3.8) is 0 Å². The second kappa shape index (κ2) is 2.98. The highest BCUT2D eigenvalue weighted by Crippen LogP contribution is 2.04. The van der Waals surface area contributed by atoms with Gasteiger partial charge in [-0.25, -0.2) is 9.97 Å². The van der Waals surface area contributed by atoms with Crippen LogP contribution in [0.15, 0.2) is 29.3 Å². The van der Waals surface area contributed by atoms with Crippen molar-refractivity contribution in [3.8, 4) is 5.95 Å². The summed E-state index contributed by atoms with van der Waals surface area (Å²) in [6, 6.07) is 1.75. The molecule has 0 aliphatic heterocycles. The highest BCUT2D eigenvalue weighted by molar-refractivity contribution is 9.10. The molecule has 0 saturated heterocycles. The van der Waals surface area contributed by atoms with Crippen LogP contribution in [0.2, 0.25) is 0 Å². The molecule has 0 unspecified atom stereocenters. The van der Waals surface area contributed by atoms with Crippen molar-refractivity contribution in [2.24, 2.45) is 0 Å².